The number of hydrogen-bond donors (Lipinski definition) is 1. The van der Waals surface area contributed by atoms with E-state index in [1.165, 1.54) is 17.7 Å². The lowest BCUT2D eigenvalue weighted by atomic mass is 10.1. The van der Waals surface area contributed by atoms with Crippen molar-refractivity contribution in [3.63, 3.8) is 0 Å². The second-order valence-electron chi connectivity index (χ2n) is 6.52. The number of guanidine groups is 1. The average Bonchev–Trinajstić information content (AvgIpc) is 2.93. The van der Waals surface area contributed by atoms with Crippen LogP contribution in [0.2, 0.25) is 0 Å². The van der Waals surface area contributed by atoms with Crippen molar-refractivity contribution >= 4 is 5.96 Å². The lowest BCUT2D eigenvalue weighted by Crippen LogP contribution is -2.38. The first-order valence-electron chi connectivity index (χ1n) is 8.67. The Labute approximate surface area is 149 Å². The van der Waals surface area contributed by atoms with Crippen LogP contribution < -0.4 is 5.32 Å². The maximum absolute atomic E-state index is 13.0. The van der Waals surface area contributed by atoms with E-state index in [1.54, 1.807) is 12.1 Å². The zero-order valence-electron chi connectivity index (χ0n) is 15.8. The second kappa shape index (κ2) is 8.65. The lowest BCUT2D eigenvalue weighted by Gasteiger charge is -2.22. The van der Waals surface area contributed by atoms with Gasteiger partial charge in [0.1, 0.15) is 5.82 Å². The number of aromatic nitrogens is 2. The minimum atomic E-state index is -0.227. The molecule has 0 bridgehead atoms. The van der Waals surface area contributed by atoms with Gasteiger partial charge in [-0.15, -0.1) is 0 Å². The molecule has 0 atom stereocenters. The molecule has 0 saturated heterocycles. The summed E-state index contributed by atoms with van der Waals surface area (Å²) in [5.74, 6) is 0.975. The molecule has 0 radical (unpaired) electrons. The molecule has 0 saturated carbocycles. The smallest absolute Gasteiger partial charge is 0.194 e. The van der Waals surface area contributed by atoms with Gasteiger partial charge in [-0.3, -0.25) is 4.68 Å². The van der Waals surface area contributed by atoms with Crippen molar-refractivity contribution < 1.29 is 4.39 Å². The molecule has 1 aromatic carbocycles. The van der Waals surface area contributed by atoms with Crippen LogP contribution in [0, 0.1) is 5.82 Å². The summed E-state index contributed by atoms with van der Waals surface area (Å²) in [6.07, 6.45) is 2.06. The molecule has 136 valence electrons. The molecular weight excluding hydrogens is 317 g/mol. The molecule has 2 rings (SSSR count). The first-order chi connectivity index (χ1) is 11.9. The van der Waals surface area contributed by atoms with Crippen molar-refractivity contribution in [2.45, 2.75) is 39.8 Å². The van der Waals surface area contributed by atoms with E-state index in [2.05, 4.69) is 40.4 Å². The predicted molar refractivity (Wildman–Crippen MR) is 100.0 cm³/mol. The largest absolute Gasteiger partial charge is 0.357 e. The number of hydrogen-bond acceptors (Lipinski definition) is 2. The van der Waals surface area contributed by atoms with Crippen molar-refractivity contribution in [1.82, 2.24) is 20.0 Å². The van der Waals surface area contributed by atoms with E-state index < -0.39 is 0 Å². The zero-order valence-corrected chi connectivity index (χ0v) is 15.8. The predicted octanol–water partition coefficient (Wildman–Crippen LogP) is 3.28. The summed E-state index contributed by atoms with van der Waals surface area (Å²) in [6, 6.07) is 6.46. The van der Waals surface area contributed by atoms with E-state index in [4.69, 9.17) is 0 Å². The number of rotatable bonds is 6. The highest BCUT2D eigenvalue weighted by Gasteiger charge is 2.15. The van der Waals surface area contributed by atoms with E-state index >= 15 is 0 Å². The SMILES string of the molecule is CCNC(=NCc1ccc(F)cc1)N(C)Cc1cn(C)nc1C(C)C. The van der Waals surface area contributed by atoms with E-state index in [1.807, 2.05) is 25.7 Å². The standard InChI is InChI=1S/C19H28FN5/c1-6-21-19(22-11-15-7-9-17(20)10-8-15)24(4)12-16-13-25(5)23-18(16)14(2)3/h7-10,13-14H,6,11-12H2,1-5H3,(H,21,22). The van der Waals surface area contributed by atoms with Gasteiger partial charge in [0.2, 0.25) is 0 Å². The third-order valence-electron chi connectivity index (χ3n) is 3.91. The fourth-order valence-corrected chi connectivity index (χ4v) is 2.72. The molecule has 1 N–H and O–H groups in total. The highest BCUT2D eigenvalue weighted by atomic mass is 19.1. The van der Waals surface area contributed by atoms with Gasteiger partial charge in [0.05, 0.1) is 12.2 Å². The summed E-state index contributed by atoms with van der Waals surface area (Å²) in [6.45, 7) is 8.38. The molecule has 0 spiro atoms. The Morgan fingerprint density at radius 2 is 2.00 bits per heavy atom. The van der Waals surface area contributed by atoms with Crippen molar-refractivity contribution in [2.75, 3.05) is 13.6 Å². The lowest BCUT2D eigenvalue weighted by molar-refractivity contribution is 0.473. The Morgan fingerprint density at radius 1 is 1.32 bits per heavy atom. The number of benzene rings is 1. The van der Waals surface area contributed by atoms with Gasteiger partial charge in [-0.1, -0.05) is 26.0 Å². The number of halogens is 1. The van der Waals surface area contributed by atoms with Crippen molar-refractivity contribution in [2.24, 2.45) is 12.0 Å². The molecule has 0 amide bonds. The van der Waals surface area contributed by atoms with Crippen LogP contribution in [-0.4, -0.2) is 34.2 Å². The van der Waals surface area contributed by atoms with Gasteiger partial charge in [-0.25, -0.2) is 9.38 Å². The summed E-state index contributed by atoms with van der Waals surface area (Å²) >= 11 is 0. The Hall–Kier alpha value is -2.37. The van der Waals surface area contributed by atoms with Gasteiger partial charge < -0.3 is 10.2 Å². The number of nitrogens with zero attached hydrogens (tertiary/aromatic N) is 4. The number of aryl methyl sites for hydroxylation is 1. The van der Waals surface area contributed by atoms with Crippen LogP contribution in [0.5, 0.6) is 0 Å². The normalized spacial score (nSPS) is 11.9. The van der Waals surface area contributed by atoms with Crippen LogP contribution in [-0.2, 0) is 20.1 Å². The van der Waals surface area contributed by atoms with Crippen LogP contribution in [0.1, 0.15) is 43.5 Å². The first kappa shape index (κ1) is 19.0. The van der Waals surface area contributed by atoms with Crippen LogP contribution in [0.15, 0.2) is 35.5 Å². The Bertz CT molecular complexity index is 703. The third kappa shape index (κ3) is 5.31. The molecule has 0 aliphatic rings. The monoisotopic (exact) mass is 345 g/mol. The highest BCUT2D eigenvalue weighted by molar-refractivity contribution is 5.79. The molecule has 0 unspecified atom stereocenters. The average molecular weight is 345 g/mol. The molecule has 0 aliphatic heterocycles. The molecule has 5 nitrogen and oxygen atoms in total. The fraction of sp³-hybridized carbons (Fsp3) is 0.474. The quantitative estimate of drug-likeness (QED) is 0.645. The molecule has 0 fully saturated rings. The van der Waals surface area contributed by atoms with Gasteiger partial charge in [-0.2, -0.15) is 5.10 Å². The Balaban J connectivity index is 2.13. The second-order valence-corrected chi connectivity index (χ2v) is 6.52. The maximum atomic E-state index is 13.0. The Morgan fingerprint density at radius 3 is 2.60 bits per heavy atom. The van der Waals surface area contributed by atoms with Crippen LogP contribution in [0.4, 0.5) is 4.39 Å². The maximum Gasteiger partial charge on any atom is 0.194 e. The van der Waals surface area contributed by atoms with Gasteiger partial charge in [0, 0.05) is 38.9 Å². The molecule has 0 aliphatic carbocycles. The summed E-state index contributed by atoms with van der Waals surface area (Å²) < 4.78 is 14.9. The molecule has 1 heterocycles. The van der Waals surface area contributed by atoms with Crippen LogP contribution >= 0.6 is 0 Å². The molecule has 25 heavy (non-hydrogen) atoms. The Kier molecular flexibility index (Phi) is 6.56. The van der Waals surface area contributed by atoms with E-state index in [0.717, 1.165) is 30.3 Å². The minimum absolute atomic E-state index is 0.227. The minimum Gasteiger partial charge on any atom is -0.357 e. The third-order valence-corrected chi connectivity index (χ3v) is 3.91. The molecule has 2 aromatic rings. The number of nitrogens with one attached hydrogen (secondary N) is 1. The summed E-state index contributed by atoms with van der Waals surface area (Å²) in [5, 5.41) is 7.88. The fourth-order valence-electron chi connectivity index (χ4n) is 2.72. The topological polar surface area (TPSA) is 45.5 Å². The van der Waals surface area contributed by atoms with E-state index in [-0.39, 0.29) is 5.82 Å². The van der Waals surface area contributed by atoms with Crippen molar-refractivity contribution in [3.05, 3.63) is 53.1 Å². The highest BCUT2D eigenvalue weighted by Crippen LogP contribution is 2.18. The summed E-state index contributed by atoms with van der Waals surface area (Å²) in [5.41, 5.74) is 3.30. The van der Waals surface area contributed by atoms with Crippen molar-refractivity contribution in [1.29, 1.82) is 0 Å². The van der Waals surface area contributed by atoms with Crippen molar-refractivity contribution in [3.8, 4) is 0 Å². The van der Waals surface area contributed by atoms with Gasteiger partial charge in [-0.05, 0) is 30.5 Å². The molecule has 6 heteroatoms. The van der Waals surface area contributed by atoms with Gasteiger partial charge in [0.25, 0.3) is 0 Å². The van der Waals surface area contributed by atoms with Gasteiger partial charge >= 0.3 is 0 Å². The molecular formula is C19H28FN5. The first-order valence-corrected chi connectivity index (χ1v) is 8.67. The summed E-state index contributed by atoms with van der Waals surface area (Å²) in [4.78, 5) is 6.77. The molecule has 1 aromatic heterocycles. The van der Waals surface area contributed by atoms with Crippen LogP contribution in [0.25, 0.3) is 0 Å². The summed E-state index contributed by atoms with van der Waals surface area (Å²) in [7, 11) is 3.96. The van der Waals surface area contributed by atoms with E-state index in [0.29, 0.717) is 12.5 Å². The number of aliphatic imine (C=N–C) groups is 1. The zero-order chi connectivity index (χ0) is 18.4. The van der Waals surface area contributed by atoms with Gasteiger partial charge in [0.15, 0.2) is 5.96 Å². The van der Waals surface area contributed by atoms with E-state index in [9.17, 15) is 4.39 Å². The van der Waals surface area contributed by atoms with Crippen LogP contribution in [0.3, 0.4) is 0 Å².